The predicted molar refractivity (Wildman–Crippen MR) is 131 cm³/mol. The molecular formula is C26H25N5O2. The molecule has 33 heavy (non-hydrogen) atoms. The second kappa shape index (κ2) is 9.82. The maximum Gasteiger partial charge on any atom is 0.271 e. The first-order valence-corrected chi connectivity index (χ1v) is 10.6. The van der Waals surface area contributed by atoms with Crippen molar-refractivity contribution in [3.05, 3.63) is 101 Å². The van der Waals surface area contributed by atoms with E-state index in [1.807, 2.05) is 55.5 Å². The minimum atomic E-state index is -0.326. The molecule has 0 fully saturated rings. The molecule has 1 heterocycles. The van der Waals surface area contributed by atoms with Crippen molar-refractivity contribution < 1.29 is 9.59 Å². The summed E-state index contributed by atoms with van der Waals surface area (Å²) >= 11 is 0. The van der Waals surface area contributed by atoms with Crippen molar-refractivity contribution in [1.29, 1.82) is 0 Å². The Labute approximate surface area is 192 Å². The van der Waals surface area contributed by atoms with Crippen molar-refractivity contribution in [2.45, 2.75) is 13.5 Å². The first-order chi connectivity index (χ1) is 16.0. The number of rotatable bonds is 7. The third kappa shape index (κ3) is 5.27. The number of carbonyl (C=O) groups is 2. The van der Waals surface area contributed by atoms with Crippen LogP contribution in [0.1, 0.15) is 32.0 Å². The number of para-hydroxylation sites is 1. The molecule has 166 valence electrons. The van der Waals surface area contributed by atoms with Gasteiger partial charge in [-0.2, -0.15) is 0 Å². The number of benzene rings is 3. The van der Waals surface area contributed by atoms with Crippen molar-refractivity contribution in [3.63, 3.8) is 0 Å². The number of nitrogens with two attached hydrogens (primary N) is 1. The number of anilines is 2. The van der Waals surface area contributed by atoms with Crippen LogP contribution in [0.2, 0.25) is 0 Å². The summed E-state index contributed by atoms with van der Waals surface area (Å²) in [6.07, 6.45) is 1.67. The van der Waals surface area contributed by atoms with Gasteiger partial charge < -0.3 is 21.7 Å². The second-order valence-electron chi connectivity index (χ2n) is 7.71. The Bertz CT molecular complexity index is 1300. The molecule has 0 saturated heterocycles. The number of nitrogen functional groups attached to an aromatic ring is 1. The number of amides is 2. The first kappa shape index (κ1) is 21.8. The van der Waals surface area contributed by atoms with Crippen LogP contribution in [0.3, 0.4) is 0 Å². The molecule has 4 aromatic rings. The summed E-state index contributed by atoms with van der Waals surface area (Å²) in [5.74, 6) is -0.582. The Kier molecular flexibility index (Phi) is 6.50. The second-order valence-corrected chi connectivity index (χ2v) is 7.71. The van der Waals surface area contributed by atoms with Gasteiger partial charge in [-0.05, 0) is 36.1 Å². The van der Waals surface area contributed by atoms with Gasteiger partial charge in [0, 0.05) is 18.1 Å². The number of fused-ring (bicyclic) bond motifs is 1. The van der Waals surface area contributed by atoms with Crippen molar-refractivity contribution in [2.24, 2.45) is 0 Å². The highest BCUT2D eigenvalue weighted by Crippen LogP contribution is 2.23. The zero-order valence-electron chi connectivity index (χ0n) is 18.3. The van der Waals surface area contributed by atoms with Gasteiger partial charge in [-0.1, -0.05) is 60.2 Å². The summed E-state index contributed by atoms with van der Waals surface area (Å²) < 4.78 is 0. The fourth-order valence-electron chi connectivity index (χ4n) is 3.45. The van der Waals surface area contributed by atoms with Crippen LogP contribution in [0, 0.1) is 6.92 Å². The molecule has 7 nitrogen and oxygen atoms in total. The van der Waals surface area contributed by atoms with Crippen LogP contribution in [0.25, 0.3) is 10.8 Å². The van der Waals surface area contributed by atoms with Crippen LogP contribution in [-0.2, 0) is 6.54 Å². The molecule has 3 aromatic carbocycles. The molecule has 0 atom stereocenters. The van der Waals surface area contributed by atoms with Gasteiger partial charge in [-0.3, -0.25) is 14.6 Å². The minimum Gasteiger partial charge on any atom is -0.397 e. The van der Waals surface area contributed by atoms with E-state index < -0.39 is 0 Å². The lowest BCUT2D eigenvalue weighted by Gasteiger charge is -2.15. The van der Waals surface area contributed by atoms with Gasteiger partial charge in [0.15, 0.2) is 0 Å². The fourth-order valence-corrected chi connectivity index (χ4v) is 3.45. The highest BCUT2D eigenvalue weighted by Gasteiger charge is 2.14. The number of hydrogen-bond acceptors (Lipinski definition) is 5. The number of aromatic nitrogens is 1. The number of carbonyl (C=O) groups excluding carboxylic acids is 2. The average Bonchev–Trinajstić information content (AvgIpc) is 2.84. The van der Waals surface area contributed by atoms with E-state index in [4.69, 9.17) is 5.73 Å². The lowest BCUT2D eigenvalue weighted by Crippen LogP contribution is -2.31. The van der Waals surface area contributed by atoms with E-state index in [0.29, 0.717) is 29.2 Å². The summed E-state index contributed by atoms with van der Waals surface area (Å²) in [6, 6.07) is 22.5. The molecule has 1 aromatic heterocycles. The summed E-state index contributed by atoms with van der Waals surface area (Å²) in [4.78, 5) is 29.6. The highest BCUT2D eigenvalue weighted by atomic mass is 16.2. The molecule has 0 aliphatic heterocycles. The lowest BCUT2D eigenvalue weighted by atomic mass is 10.1. The van der Waals surface area contributed by atoms with E-state index in [2.05, 4.69) is 20.9 Å². The van der Waals surface area contributed by atoms with Gasteiger partial charge in [0.1, 0.15) is 5.69 Å². The van der Waals surface area contributed by atoms with Gasteiger partial charge in [0.2, 0.25) is 0 Å². The van der Waals surface area contributed by atoms with Crippen LogP contribution >= 0.6 is 0 Å². The molecule has 0 aliphatic carbocycles. The SMILES string of the molecule is Cc1ccc(CNC(=O)c2cccc(N)c2NCNC(=O)c2cc3ccccc3cn2)cc1. The molecule has 0 radical (unpaired) electrons. The summed E-state index contributed by atoms with van der Waals surface area (Å²) in [7, 11) is 0. The Morgan fingerprint density at radius 3 is 2.42 bits per heavy atom. The van der Waals surface area contributed by atoms with Gasteiger partial charge in [0.05, 0.1) is 23.6 Å². The fraction of sp³-hybridized carbons (Fsp3) is 0.115. The van der Waals surface area contributed by atoms with Crippen molar-refractivity contribution in [3.8, 4) is 0 Å². The largest absolute Gasteiger partial charge is 0.397 e. The predicted octanol–water partition coefficient (Wildman–Crippen LogP) is 3.85. The van der Waals surface area contributed by atoms with Crippen LogP contribution in [0.15, 0.2) is 79.0 Å². The van der Waals surface area contributed by atoms with Crippen LogP contribution < -0.4 is 21.7 Å². The van der Waals surface area contributed by atoms with Crippen molar-refractivity contribution >= 4 is 34.0 Å². The molecule has 0 bridgehead atoms. The molecule has 2 amide bonds. The molecule has 7 heteroatoms. The molecular weight excluding hydrogens is 414 g/mol. The molecule has 0 unspecified atom stereocenters. The Hall–Kier alpha value is -4.39. The first-order valence-electron chi connectivity index (χ1n) is 10.6. The Morgan fingerprint density at radius 2 is 1.64 bits per heavy atom. The number of aryl methyl sites for hydroxylation is 1. The molecule has 0 spiro atoms. The third-order valence-electron chi connectivity index (χ3n) is 5.29. The monoisotopic (exact) mass is 439 g/mol. The number of hydrogen-bond donors (Lipinski definition) is 4. The van der Waals surface area contributed by atoms with E-state index in [1.54, 1.807) is 30.5 Å². The number of nitrogens with one attached hydrogen (secondary N) is 3. The van der Waals surface area contributed by atoms with Crippen LogP contribution in [0.4, 0.5) is 11.4 Å². The zero-order valence-corrected chi connectivity index (χ0v) is 18.3. The summed E-state index contributed by atoms with van der Waals surface area (Å²) in [6.45, 7) is 2.50. The van der Waals surface area contributed by atoms with Gasteiger partial charge in [0.25, 0.3) is 11.8 Å². The van der Waals surface area contributed by atoms with E-state index in [9.17, 15) is 9.59 Å². The number of pyridine rings is 1. The lowest BCUT2D eigenvalue weighted by molar-refractivity contribution is 0.0946. The summed E-state index contributed by atoms with van der Waals surface area (Å²) in [5, 5.41) is 10.6. The van der Waals surface area contributed by atoms with Gasteiger partial charge in [-0.15, -0.1) is 0 Å². The standard InChI is InChI=1S/C26H25N5O2/c1-17-9-11-18(12-10-17)14-29-25(32)21-7-4-8-22(27)24(21)30-16-31-26(33)23-13-19-5-2-3-6-20(19)15-28-23/h2-13,15,30H,14,16,27H2,1H3,(H,29,32)(H,31,33). The van der Waals surface area contributed by atoms with E-state index >= 15 is 0 Å². The topological polar surface area (TPSA) is 109 Å². The number of nitrogens with zero attached hydrogens (tertiary/aromatic N) is 1. The zero-order chi connectivity index (χ0) is 23.2. The Balaban J connectivity index is 1.39. The van der Waals surface area contributed by atoms with Crippen LogP contribution in [-0.4, -0.2) is 23.5 Å². The quantitative estimate of drug-likeness (QED) is 0.258. The van der Waals surface area contributed by atoms with E-state index in [1.165, 1.54) is 0 Å². The highest BCUT2D eigenvalue weighted by molar-refractivity contribution is 6.02. The van der Waals surface area contributed by atoms with Gasteiger partial charge >= 0.3 is 0 Å². The molecule has 4 rings (SSSR count). The normalized spacial score (nSPS) is 10.6. The average molecular weight is 440 g/mol. The molecule has 0 saturated carbocycles. The Morgan fingerprint density at radius 1 is 0.879 bits per heavy atom. The molecule has 0 aliphatic rings. The van der Waals surface area contributed by atoms with Gasteiger partial charge in [-0.25, -0.2) is 0 Å². The minimum absolute atomic E-state index is 0.0831. The maximum absolute atomic E-state index is 12.8. The smallest absolute Gasteiger partial charge is 0.271 e. The maximum atomic E-state index is 12.8. The van der Waals surface area contributed by atoms with Crippen LogP contribution in [0.5, 0.6) is 0 Å². The van der Waals surface area contributed by atoms with E-state index in [-0.39, 0.29) is 18.5 Å². The van der Waals surface area contributed by atoms with Crippen molar-refractivity contribution in [2.75, 3.05) is 17.7 Å². The summed E-state index contributed by atoms with van der Waals surface area (Å²) in [5.41, 5.74) is 9.86. The molecule has 5 N–H and O–H groups in total. The van der Waals surface area contributed by atoms with E-state index in [0.717, 1.165) is 21.9 Å². The van der Waals surface area contributed by atoms with Crippen molar-refractivity contribution in [1.82, 2.24) is 15.6 Å². The third-order valence-corrected chi connectivity index (χ3v) is 5.29.